The summed E-state index contributed by atoms with van der Waals surface area (Å²) in [5.74, 6) is -0.943. The number of carbonyl (C=O) groups is 1. The van der Waals surface area contributed by atoms with Crippen LogP contribution in [-0.4, -0.2) is 31.2 Å². The molecule has 0 bridgehead atoms. The summed E-state index contributed by atoms with van der Waals surface area (Å²) >= 11 is 0. The second kappa shape index (κ2) is 5.41. The van der Waals surface area contributed by atoms with Crippen molar-refractivity contribution in [1.29, 1.82) is 0 Å². The van der Waals surface area contributed by atoms with Gasteiger partial charge in [0, 0.05) is 12.6 Å². The summed E-state index contributed by atoms with van der Waals surface area (Å²) < 4.78 is 35.1. The van der Waals surface area contributed by atoms with E-state index in [9.17, 15) is 18.0 Å². The Balaban J connectivity index is 0.00000169. The molecule has 0 aromatic heterocycles. The van der Waals surface area contributed by atoms with Crippen LogP contribution in [0, 0.1) is 0 Å². The molecular weight excluding hydrogens is 221 g/mol. The van der Waals surface area contributed by atoms with E-state index in [0.29, 0.717) is 13.0 Å². The summed E-state index contributed by atoms with van der Waals surface area (Å²) in [6, 6.07) is -0.144. The highest BCUT2D eigenvalue weighted by molar-refractivity contribution is 5.85. The van der Waals surface area contributed by atoms with Gasteiger partial charge >= 0.3 is 6.18 Å². The fraction of sp³-hybridized carbons (Fsp3) is 0.857. The first-order valence-electron chi connectivity index (χ1n) is 4.04. The molecule has 0 aromatic rings. The van der Waals surface area contributed by atoms with Gasteiger partial charge in [0.25, 0.3) is 0 Å². The highest BCUT2D eigenvalue weighted by Gasteiger charge is 2.32. The highest BCUT2D eigenvalue weighted by atomic mass is 35.5. The molecule has 0 saturated carbocycles. The smallest absolute Gasteiger partial charge is 0.352 e. The Morgan fingerprint density at radius 1 is 1.50 bits per heavy atom. The maximum Gasteiger partial charge on any atom is 0.397 e. The van der Waals surface area contributed by atoms with E-state index in [1.807, 2.05) is 0 Å². The van der Waals surface area contributed by atoms with Crippen molar-refractivity contribution in [1.82, 2.24) is 10.6 Å². The fourth-order valence-corrected chi connectivity index (χ4v) is 1.24. The Morgan fingerprint density at radius 2 is 2.14 bits per heavy atom. The molecule has 1 saturated heterocycles. The van der Waals surface area contributed by atoms with Gasteiger partial charge in [-0.1, -0.05) is 0 Å². The lowest BCUT2D eigenvalue weighted by Crippen LogP contribution is -2.38. The lowest BCUT2D eigenvalue weighted by molar-refractivity contribution is -0.154. The summed E-state index contributed by atoms with van der Waals surface area (Å²) in [5.41, 5.74) is 0. The van der Waals surface area contributed by atoms with E-state index in [-0.39, 0.29) is 18.4 Å². The number of hydrogen-bond acceptors (Lipinski definition) is 2. The predicted octanol–water partition coefficient (Wildman–Crippen LogP) is 0.839. The third-order valence-electron chi connectivity index (χ3n) is 1.79. The van der Waals surface area contributed by atoms with Gasteiger partial charge in [-0.05, 0) is 13.0 Å². The van der Waals surface area contributed by atoms with Crippen LogP contribution in [0.4, 0.5) is 13.2 Å². The van der Waals surface area contributed by atoms with Crippen LogP contribution >= 0.6 is 12.4 Å². The maximum absolute atomic E-state index is 11.7. The van der Waals surface area contributed by atoms with Gasteiger partial charge in [0.2, 0.25) is 5.91 Å². The first-order valence-corrected chi connectivity index (χ1v) is 4.04. The van der Waals surface area contributed by atoms with Crippen molar-refractivity contribution >= 4 is 18.3 Å². The molecule has 1 unspecified atom stereocenters. The molecule has 14 heavy (non-hydrogen) atoms. The van der Waals surface area contributed by atoms with E-state index < -0.39 is 18.5 Å². The van der Waals surface area contributed by atoms with Crippen molar-refractivity contribution in [2.45, 2.75) is 25.1 Å². The van der Waals surface area contributed by atoms with Crippen LogP contribution in [0.25, 0.3) is 0 Å². The zero-order valence-corrected chi connectivity index (χ0v) is 8.17. The number of halogens is 4. The minimum atomic E-state index is -4.41. The number of carbonyl (C=O) groups excluding carboxylic acids is 1. The zero-order chi connectivity index (χ0) is 9.90. The summed E-state index contributed by atoms with van der Waals surface area (Å²) in [6.45, 7) is 1.31. The highest BCUT2D eigenvalue weighted by Crippen LogP contribution is 2.19. The molecule has 0 radical (unpaired) electrons. The monoisotopic (exact) mass is 232 g/mol. The Labute approximate surface area is 85.8 Å². The first kappa shape index (κ1) is 13.5. The molecule has 0 aromatic carbocycles. The van der Waals surface area contributed by atoms with E-state index in [1.165, 1.54) is 0 Å². The van der Waals surface area contributed by atoms with Crippen molar-refractivity contribution in [2.75, 3.05) is 13.1 Å². The van der Waals surface area contributed by atoms with Gasteiger partial charge in [-0.2, -0.15) is 13.2 Å². The van der Waals surface area contributed by atoms with Gasteiger partial charge < -0.3 is 10.6 Å². The van der Waals surface area contributed by atoms with Crippen LogP contribution in [-0.2, 0) is 4.79 Å². The molecular formula is C7H12ClF3N2O. The normalized spacial score (nSPS) is 21.5. The van der Waals surface area contributed by atoms with Gasteiger partial charge in [0.15, 0.2) is 0 Å². The summed E-state index contributed by atoms with van der Waals surface area (Å²) in [7, 11) is 0. The van der Waals surface area contributed by atoms with Crippen molar-refractivity contribution in [3.63, 3.8) is 0 Å². The van der Waals surface area contributed by atoms with E-state index in [0.717, 1.165) is 6.54 Å². The molecule has 1 amide bonds. The molecule has 84 valence electrons. The summed E-state index contributed by atoms with van der Waals surface area (Å²) in [5, 5.41) is 5.26. The molecule has 1 heterocycles. The predicted molar refractivity (Wildman–Crippen MR) is 47.3 cm³/mol. The van der Waals surface area contributed by atoms with Crippen LogP contribution in [0.1, 0.15) is 12.8 Å². The molecule has 3 nitrogen and oxygen atoms in total. The topological polar surface area (TPSA) is 41.1 Å². The number of alkyl halides is 3. The van der Waals surface area contributed by atoms with E-state index in [1.54, 1.807) is 0 Å². The van der Waals surface area contributed by atoms with Gasteiger partial charge in [-0.15, -0.1) is 12.4 Å². The molecule has 2 N–H and O–H groups in total. The Kier molecular flexibility index (Phi) is 5.22. The third kappa shape index (κ3) is 5.29. The molecule has 1 rings (SSSR count). The molecule has 1 fully saturated rings. The molecule has 0 spiro atoms. The van der Waals surface area contributed by atoms with Crippen molar-refractivity contribution < 1.29 is 18.0 Å². The number of amides is 1. The van der Waals surface area contributed by atoms with Crippen molar-refractivity contribution in [3.05, 3.63) is 0 Å². The second-order valence-corrected chi connectivity index (χ2v) is 3.05. The number of nitrogens with one attached hydrogen (secondary N) is 2. The van der Waals surface area contributed by atoms with Crippen LogP contribution in [0.5, 0.6) is 0 Å². The summed E-state index contributed by atoms with van der Waals surface area (Å²) in [4.78, 5) is 10.8. The van der Waals surface area contributed by atoms with Crippen LogP contribution in [0.15, 0.2) is 0 Å². The van der Waals surface area contributed by atoms with E-state index >= 15 is 0 Å². The largest absolute Gasteiger partial charge is 0.397 e. The lowest BCUT2D eigenvalue weighted by atomic mass is 10.2. The average molecular weight is 233 g/mol. The molecule has 7 heteroatoms. The van der Waals surface area contributed by atoms with E-state index in [2.05, 4.69) is 10.6 Å². The summed E-state index contributed by atoms with van der Waals surface area (Å²) in [6.07, 6.45) is -5.09. The first-order chi connectivity index (χ1) is 5.97. The lowest BCUT2D eigenvalue weighted by Gasteiger charge is -2.12. The maximum atomic E-state index is 11.7. The Morgan fingerprint density at radius 3 is 2.57 bits per heavy atom. The minimum Gasteiger partial charge on any atom is -0.352 e. The quantitative estimate of drug-likeness (QED) is 0.741. The minimum absolute atomic E-state index is 0. The molecule has 1 aliphatic rings. The van der Waals surface area contributed by atoms with Crippen LogP contribution < -0.4 is 10.6 Å². The second-order valence-electron chi connectivity index (χ2n) is 3.05. The molecule has 1 atom stereocenters. The van der Waals surface area contributed by atoms with Crippen LogP contribution in [0.2, 0.25) is 0 Å². The standard InChI is InChI=1S/C7H11F3N2O.ClH/c8-7(9,10)3-6(13)12-5-1-2-11-4-5;/h5,11H,1-4H2,(H,12,13);1H. The van der Waals surface area contributed by atoms with Gasteiger partial charge in [0.1, 0.15) is 6.42 Å². The number of hydrogen-bond donors (Lipinski definition) is 2. The third-order valence-corrected chi connectivity index (χ3v) is 1.79. The molecule has 1 aliphatic heterocycles. The average Bonchev–Trinajstić information content (AvgIpc) is 2.34. The van der Waals surface area contributed by atoms with E-state index in [4.69, 9.17) is 0 Å². The van der Waals surface area contributed by atoms with Crippen LogP contribution in [0.3, 0.4) is 0 Å². The van der Waals surface area contributed by atoms with Gasteiger partial charge in [-0.25, -0.2) is 0 Å². The Hall–Kier alpha value is -0.490. The van der Waals surface area contributed by atoms with Gasteiger partial charge in [-0.3, -0.25) is 4.79 Å². The SMILES string of the molecule is Cl.O=C(CC(F)(F)F)NC1CCNC1. The number of rotatable bonds is 2. The zero-order valence-electron chi connectivity index (χ0n) is 7.36. The Bertz CT molecular complexity index is 192. The van der Waals surface area contributed by atoms with Gasteiger partial charge in [0.05, 0.1) is 0 Å². The molecule has 0 aliphatic carbocycles. The van der Waals surface area contributed by atoms with Crippen molar-refractivity contribution in [2.24, 2.45) is 0 Å². The van der Waals surface area contributed by atoms with Crippen molar-refractivity contribution in [3.8, 4) is 0 Å². The fourth-order valence-electron chi connectivity index (χ4n) is 1.24.